The highest BCUT2D eigenvalue weighted by atomic mass is 19.2. The van der Waals surface area contributed by atoms with Crippen LogP contribution in [0, 0.1) is 17.0 Å². The number of carbonyl (C=O) groups is 1. The number of benzene rings is 3. The van der Waals surface area contributed by atoms with Gasteiger partial charge in [0.15, 0.2) is 11.6 Å². The monoisotopic (exact) mass is 549 g/mol. The third kappa shape index (κ3) is 6.90. The van der Waals surface area contributed by atoms with Crippen molar-refractivity contribution in [3.63, 3.8) is 0 Å². The number of nitrogens with one attached hydrogen (secondary N) is 1. The summed E-state index contributed by atoms with van der Waals surface area (Å²) in [5.41, 5.74) is 7.68. The van der Waals surface area contributed by atoms with Gasteiger partial charge >= 0.3 is 6.03 Å². The lowest BCUT2D eigenvalue weighted by atomic mass is 9.84. The summed E-state index contributed by atoms with van der Waals surface area (Å²) in [5.74, 6) is -1.58. The van der Waals surface area contributed by atoms with Gasteiger partial charge in [-0.3, -0.25) is 0 Å². The fourth-order valence-corrected chi connectivity index (χ4v) is 4.66. The first kappa shape index (κ1) is 28.9. The molecule has 0 aliphatic carbocycles. The molecule has 3 N–H and O–H groups in total. The minimum atomic E-state index is -1.52. The fraction of sp³-hybridized carbons (Fsp3) is 0.290. The summed E-state index contributed by atoms with van der Waals surface area (Å²) in [6.45, 7) is 5.67. The van der Waals surface area contributed by atoms with Gasteiger partial charge in [0.05, 0.1) is 18.3 Å². The highest BCUT2D eigenvalue weighted by molar-refractivity contribution is 5.89. The number of carbonyl (C=O) groups excluding carboxylic acids is 1. The molecular weight excluding hydrogens is 515 g/mol. The van der Waals surface area contributed by atoms with E-state index in [4.69, 9.17) is 10.7 Å². The molecule has 0 aliphatic heterocycles. The molecule has 0 saturated heterocycles. The Hall–Kier alpha value is -4.11. The summed E-state index contributed by atoms with van der Waals surface area (Å²) in [6, 6.07) is 21.1. The lowest BCUT2D eigenvalue weighted by Gasteiger charge is -2.40. The van der Waals surface area contributed by atoms with Gasteiger partial charge in [0.25, 0.3) is 0 Å². The zero-order valence-electron chi connectivity index (χ0n) is 22.8. The number of aromatic nitrogens is 2. The van der Waals surface area contributed by atoms with E-state index in [1.807, 2.05) is 92.2 Å². The number of urea groups is 1. The Balaban J connectivity index is 1.82. The van der Waals surface area contributed by atoms with Crippen LogP contribution >= 0.6 is 0 Å². The van der Waals surface area contributed by atoms with E-state index in [1.54, 1.807) is 0 Å². The average molecular weight is 550 g/mol. The second-order valence-corrected chi connectivity index (χ2v) is 10.8. The maximum absolute atomic E-state index is 14.9. The van der Waals surface area contributed by atoms with Crippen LogP contribution in [0.3, 0.4) is 0 Å². The molecule has 1 aromatic heterocycles. The van der Waals surface area contributed by atoms with E-state index in [-0.39, 0.29) is 18.8 Å². The van der Waals surface area contributed by atoms with E-state index < -0.39 is 35.3 Å². The van der Waals surface area contributed by atoms with Crippen molar-refractivity contribution in [3.05, 3.63) is 108 Å². The summed E-state index contributed by atoms with van der Waals surface area (Å²) in [4.78, 5) is 20.1. The number of rotatable bonds is 9. The van der Waals surface area contributed by atoms with Crippen LogP contribution in [0.4, 0.5) is 23.7 Å². The van der Waals surface area contributed by atoms with Crippen LogP contribution in [0.5, 0.6) is 0 Å². The van der Waals surface area contributed by atoms with E-state index in [1.165, 1.54) is 11.0 Å². The number of hydrogen-bond acceptors (Lipinski definition) is 3. The number of nitrogens with zero attached hydrogens (tertiary/aromatic N) is 3. The Kier molecular flexibility index (Phi) is 8.94. The highest BCUT2D eigenvalue weighted by Gasteiger charge is 2.39. The van der Waals surface area contributed by atoms with Gasteiger partial charge in [-0.1, -0.05) is 81.4 Å². The molecule has 0 unspecified atom stereocenters. The van der Waals surface area contributed by atoms with E-state index in [0.717, 1.165) is 23.3 Å². The SMILES string of the molecule is CC(C)(C)[C@H](c1nc(-c2ccccc2)cn1Cc1ccccc1)N(C[C@@H](F)CN)C(=O)Nc1ccc(F)c(F)c1. The van der Waals surface area contributed by atoms with Crippen LogP contribution in [0.2, 0.25) is 0 Å². The molecule has 0 saturated carbocycles. The van der Waals surface area contributed by atoms with Crippen molar-refractivity contribution in [3.8, 4) is 11.3 Å². The molecule has 6 nitrogen and oxygen atoms in total. The number of imidazole rings is 1. The van der Waals surface area contributed by atoms with Crippen molar-refractivity contribution in [2.75, 3.05) is 18.4 Å². The van der Waals surface area contributed by atoms with Crippen LogP contribution in [0.25, 0.3) is 11.3 Å². The van der Waals surface area contributed by atoms with Crippen molar-refractivity contribution < 1.29 is 18.0 Å². The van der Waals surface area contributed by atoms with Gasteiger partial charge in [0.1, 0.15) is 12.0 Å². The first-order chi connectivity index (χ1) is 19.1. The molecular formula is C31H34F3N5O. The van der Waals surface area contributed by atoms with Crippen molar-refractivity contribution in [1.82, 2.24) is 14.5 Å². The lowest BCUT2D eigenvalue weighted by molar-refractivity contribution is 0.0960. The molecule has 0 radical (unpaired) electrons. The quantitative estimate of drug-likeness (QED) is 0.241. The molecule has 40 heavy (non-hydrogen) atoms. The maximum Gasteiger partial charge on any atom is 0.322 e. The molecule has 2 amide bonds. The van der Waals surface area contributed by atoms with Crippen molar-refractivity contribution in [2.24, 2.45) is 11.1 Å². The summed E-state index contributed by atoms with van der Waals surface area (Å²) in [5, 5.41) is 2.61. The number of alkyl halides is 1. The molecule has 0 spiro atoms. The average Bonchev–Trinajstić information content (AvgIpc) is 3.33. The summed E-state index contributed by atoms with van der Waals surface area (Å²) >= 11 is 0. The third-order valence-corrected chi connectivity index (χ3v) is 6.53. The van der Waals surface area contributed by atoms with Gasteiger partial charge in [-0.15, -0.1) is 0 Å². The van der Waals surface area contributed by atoms with E-state index in [9.17, 15) is 18.0 Å². The van der Waals surface area contributed by atoms with E-state index >= 15 is 0 Å². The molecule has 0 aliphatic rings. The zero-order chi connectivity index (χ0) is 28.9. The molecule has 1 heterocycles. The topological polar surface area (TPSA) is 76.2 Å². The fourth-order valence-electron chi connectivity index (χ4n) is 4.66. The highest BCUT2D eigenvalue weighted by Crippen LogP contribution is 2.39. The Bertz CT molecular complexity index is 1420. The van der Waals surface area contributed by atoms with Crippen molar-refractivity contribution in [2.45, 2.75) is 39.5 Å². The smallest absolute Gasteiger partial charge is 0.322 e. The molecule has 0 bridgehead atoms. The van der Waals surface area contributed by atoms with Crippen LogP contribution in [-0.4, -0.2) is 39.7 Å². The zero-order valence-corrected chi connectivity index (χ0v) is 22.8. The second kappa shape index (κ2) is 12.4. The number of nitrogens with two attached hydrogens (primary N) is 1. The molecule has 4 rings (SSSR count). The number of amides is 2. The molecule has 210 valence electrons. The molecule has 2 atom stereocenters. The van der Waals surface area contributed by atoms with Crippen molar-refractivity contribution >= 4 is 11.7 Å². The first-order valence-electron chi connectivity index (χ1n) is 13.1. The van der Waals surface area contributed by atoms with Crippen molar-refractivity contribution in [1.29, 1.82) is 0 Å². The summed E-state index contributed by atoms with van der Waals surface area (Å²) in [7, 11) is 0. The standard InChI is InChI=1S/C31H34F3N5O/c1-31(2,3)28(39(19-23(32)17-35)30(40)36-24-14-15-25(33)26(34)16-24)29-37-27(22-12-8-5-9-13-22)20-38(29)18-21-10-6-4-7-11-21/h4-16,20,23,28H,17-19,35H2,1-3H3,(H,36,40)/t23-,28-/m0/s1. The predicted molar refractivity (Wildman–Crippen MR) is 151 cm³/mol. The van der Waals surface area contributed by atoms with Gasteiger partial charge in [-0.2, -0.15) is 0 Å². The van der Waals surface area contributed by atoms with E-state index in [2.05, 4.69) is 5.32 Å². The van der Waals surface area contributed by atoms with Gasteiger partial charge in [0.2, 0.25) is 0 Å². The first-order valence-corrected chi connectivity index (χ1v) is 13.1. The summed E-state index contributed by atoms with van der Waals surface area (Å²) in [6.07, 6.45) is 0.407. The largest absolute Gasteiger partial charge is 0.328 e. The summed E-state index contributed by atoms with van der Waals surface area (Å²) < 4.78 is 44.3. The van der Waals surface area contributed by atoms with Crippen LogP contribution in [-0.2, 0) is 6.54 Å². The Morgan fingerprint density at radius 3 is 2.25 bits per heavy atom. The molecule has 4 aromatic rings. The molecule has 9 heteroatoms. The predicted octanol–water partition coefficient (Wildman–Crippen LogP) is 6.79. The van der Waals surface area contributed by atoms with E-state index in [0.29, 0.717) is 18.1 Å². The molecule has 3 aromatic carbocycles. The van der Waals surface area contributed by atoms with Crippen LogP contribution in [0.15, 0.2) is 85.1 Å². The second-order valence-electron chi connectivity index (χ2n) is 10.8. The number of anilines is 1. The number of halogens is 3. The maximum atomic E-state index is 14.9. The number of hydrogen-bond donors (Lipinski definition) is 2. The third-order valence-electron chi connectivity index (χ3n) is 6.53. The van der Waals surface area contributed by atoms with Gasteiger partial charge in [0, 0.05) is 36.6 Å². The Labute approximate surface area is 232 Å². The minimum absolute atomic E-state index is 0.0438. The Morgan fingerprint density at radius 1 is 1.00 bits per heavy atom. The van der Waals surface area contributed by atoms with Crippen LogP contribution < -0.4 is 11.1 Å². The van der Waals surface area contributed by atoms with Crippen LogP contribution in [0.1, 0.15) is 38.2 Å². The van der Waals surface area contributed by atoms with Gasteiger partial charge in [-0.25, -0.2) is 22.9 Å². The lowest BCUT2D eigenvalue weighted by Crippen LogP contribution is -2.48. The minimum Gasteiger partial charge on any atom is -0.328 e. The Morgan fingerprint density at radius 2 is 1.65 bits per heavy atom. The van der Waals surface area contributed by atoms with Gasteiger partial charge in [-0.05, 0) is 23.1 Å². The molecule has 0 fully saturated rings. The normalized spacial score (nSPS) is 13.1. The van der Waals surface area contributed by atoms with Gasteiger partial charge < -0.3 is 20.5 Å².